The van der Waals surface area contributed by atoms with Gasteiger partial charge in [-0.2, -0.15) is 0 Å². The summed E-state index contributed by atoms with van der Waals surface area (Å²) in [5, 5.41) is 16.9. The Bertz CT molecular complexity index is 614. The van der Waals surface area contributed by atoms with E-state index >= 15 is 0 Å². The summed E-state index contributed by atoms with van der Waals surface area (Å²) >= 11 is 0. The number of aromatic nitrogens is 3. The average molecular weight is 283 g/mol. The summed E-state index contributed by atoms with van der Waals surface area (Å²) in [5.41, 5.74) is 0.459. The first-order valence-electron chi connectivity index (χ1n) is 6.06. The van der Waals surface area contributed by atoms with Crippen LogP contribution in [0.25, 0.3) is 11.4 Å². The van der Waals surface area contributed by atoms with E-state index in [0.717, 1.165) is 6.07 Å². The molecule has 7 heteroatoms. The van der Waals surface area contributed by atoms with Crippen LogP contribution in [-0.2, 0) is 17.9 Å². The molecule has 0 fully saturated rings. The first-order chi connectivity index (χ1) is 9.58. The Morgan fingerprint density at radius 3 is 2.65 bits per heavy atom. The van der Waals surface area contributed by atoms with Gasteiger partial charge in [0.1, 0.15) is 18.2 Å². The highest BCUT2D eigenvalue weighted by molar-refractivity contribution is 5.57. The van der Waals surface area contributed by atoms with E-state index in [1.54, 1.807) is 11.5 Å². The van der Waals surface area contributed by atoms with Gasteiger partial charge in [-0.3, -0.25) is 0 Å². The Morgan fingerprint density at radius 1 is 1.25 bits per heavy atom. The topological polar surface area (TPSA) is 60.2 Å². The summed E-state index contributed by atoms with van der Waals surface area (Å²) in [6, 6.07) is 2.19. The molecule has 20 heavy (non-hydrogen) atoms. The van der Waals surface area contributed by atoms with Crippen LogP contribution in [-0.4, -0.2) is 33.6 Å². The van der Waals surface area contributed by atoms with Crippen LogP contribution in [0, 0.1) is 18.6 Å². The molecule has 1 aromatic heterocycles. The molecule has 0 saturated heterocycles. The average Bonchev–Trinajstić information content (AvgIpc) is 2.83. The van der Waals surface area contributed by atoms with Crippen molar-refractivity contribution in [1.82, 2.24) is 14.8 Å². The highest BCUT2D eigenvalue weighted by Gasteiger charge is 2.18. The fourth-order valence-corrected chi connectivity index (χ4v) is 1.90. The molecule has 0 aliphatic carbocycles. The van der Waals surface area contributed by atoms with E-state index in [4.69, 9.17) is 4.74 Å². The number of aryl methyl sites for hydroxylation is 1. The van der Waals surface area contributed by atoms with Gasteiger partial charge in [0, 0.05) is 19.7 Å². The zero-order valence-electron chi connectivity index (χ0n) is 11.2. The van der Waals surface area contributed by atoms with E-state index in [-0.39, 0.29) is 18.0 Å². The number of hydrogen-bond donors (Lipinski definition) is 1. The summed E-state index contributed by atoms with van der Waals surface area (Å²) < 4.78 is 33.7. The monoisotopic (exact) mass is 283 g/mol. The minimum atomic E-state index is -0.719. The summed E-state index contributed by atoms with van der Waals surface area (Å²) in [4.78, 5) is 0. The Kier molecular flexibility index (Phi) is 4.41. The van der Waals surface area contributed by atoms with Gasteiger partial charge >= 0.3 is 0 Å². The zero-order chi connectivity index (χ0) is 14.7. The largest absolute Gasteiger partial charge is 0.388 e. The molecule has 0 saturated carbocycles. The van der Waals surface area contributed by atoms with E-state index in [0.29, 0.717) is 24.5 Å². The minimum Gasteiger partial charge on any atom is -0.388 e. The van der Waals surface area contributed by atoms with E-state index in [1.807, 2.05) is 0 Å². The van der Waals surface area contributed by atoms with Crippen molar-refractivity contribution in [3.05, 3.63) is 35.2 Å². The first kappa shape index (κ1) is 14.5. The first-order valence-corrected chi connectivity index (χ1v) is 6.06. The maximum atomic E-state index is 13.9. The molecular weight excluding hydrogens is 268 g/mol. The summed E-state index contributed by atoms with van der Waals surface area (Å²) in [5.74, 6) is -0.787. The van der Waals surface area contributed by atoms with Crippen molar-refractivity contribution in [2.45, 2.75) is 20.1 Å². The van der Waals surface area contributed by atoms with E-state index in [1.165, 1.54) is 13.2 Å². The lowest BCUT2D eigenvalue weighted by atomic mass is 10.1. The van der Waals surface area contributed by atoms with E-state index < -0.39 is 11.6 Å². The molecule has 0 atom stereocenters. The maximum Gasteiger partial charge on any atom is 0.167 e. The minimum absolute atomic E-state index is 0.146. The predicted octanol–water partition coefficient (Wildman–Crippen LogP) is 1.67. The van der Waals surface area contributed by atoms with Crippen LogP contribution in [0.15, 0.2) is 12.1 Å². The van der Waals surface area contributed by atoms with Gasteiger partial charge in [0.15, 0.2) is 11.6 Å². The van der Waals surface area contributed by atoms with Crippen LogP contribution < -0.4 is 0 Å². The lowest BCUT2D eigenvalue weighted by molar-refractivity contribution is 0.183. The van der Waals surface area contributed by atoms with Crippen molar-refractivity contribution in [3.63, 3.8) is 0 Å². The number of aliphatic hydroxyl groups is 1. The second kappa shape index (κ2) is 6.06. The molecule has 0 aliphatic rings. The van der Waals surface area contributed by atoms with Gasteiger partial charge in [-0.05, 0) is 18.6 Å². The lowest BCUT2D eigenvalue weighted by Crippen LogP contribution is -2.10. The standard InChI is InChI=1S/C13H15F2N3O2/c1-8-5-9(11(15)6-10(8)14)13-17-16-12(7-19)18(13)3-4-20-2/h5-6,19H,3-4,7H2,1-2H3. The highest BCUT2D eigenvalue weighted by atomic mass is 19.1. The zero-order valence-corrected chi connectivity index (χ0v) is 11.2. The molecular formula is C13H15F2N3O2. The molecule has 0 bridgehead atoms. The van der Waals surface area contributed by atoms with Crippen LogP contribution in [0.3, 0.4) is 0 Å². The third kappa shape index (κ3) is 2.68. The quantitative estimate of drug-likeness (QED) is 0.906. The Balaban J connectivity index is 2.52. The summed E-state index contributed by atoms with van der Waals surface area (Å²) in [6.07, 6.45) is 0. The molecule has 0 unspecified atom stereocenters. The van der Waals surface area contributed by atoms with Crippen molar-refractivity contribution in [1.29, 1.82) is 0 Å². The molecule has 0 amide bonds. The van der Waals surface area contributed by atoms with Crippen LogP contribution in [0.4, 0.5) is 8.78 Å². The van der Waals surface area contributed by atoms with Crippen molar-refractivity contribution < 1.29 is 18.6 Å². The van der Waals surface area contributed by atoms with Gasteiger partial charge in [0.05, 0.1) is 12.2 Å². The number of ether oxygens (including phenoxy) is 1. The number of aliphatic hydroxyl groups excluding tert-OH is 1. The Labute approximate surface area is 114 Å². The van der Waals surface area contributed by atoms with Crippen LogP contribution >= 0.6 is 0 Å². The van der Waals surface area contributed by atoms with Gasteiger partial charge in [-0.1, -0.05) is 0 Å². The van der Waals surface area contributed by atoms with Crippen LogP contribution in [0.5, 0.6) is 0 Å². The second-order valence-electron chi connectivity index (χ2n) is 4.32. The number of nitrogens with zero attached hydrogens (tertiary/aromatic N) is 3. The van der Waals surface area contributed by atoms with E-state index in [2.05, 4.69) is 10.2 Å². The van der Waals surface area contributed by atoms with Crippen LogP contribution in [0.1, 0.15) is 11.4 Å². The number of methoxy groups -OCH3 is 1. The van der Waals surface area contributed by atoms with E-state index in [9.17, 15) is 13.9 Å². The Morgan fingerprint density at radius 2 is 2.00 bits per heavy atom. The molecule has 5 nitrogen and oxygen atoms in total. The van der Waals surface area contributed by atoms with Crippen LogP contribution in [0.2, 0.25) is 0 Å². The van der Waals surface area contributed by atoms with Crippen molar-refractivity contribution >= 4 is 0 Å². The molecule has 108 valence electrons. The molecule has 0 aliphatic heterocycles. The predicted molar refractivity (Wildman–Crippen MR) is 67.9 cm³/mol. The molecule has 1 N–H and O–H groups in total. The third-order valence-electron chi connectivity index (χ3n) is 2.98. The van der Waals surface area contributed by atoms with Gasteiger partial charge in [-0.15, -0.1) is 10.2 Å². The lowest BCUT2D eigenvalue weighted by Gasteiger charge is -2.10. The number of halogens is 2. The maximum absolute atomic E-state index is 13.9. The van der Waals surface area contributed by atoms with Crippen molar-refractivity contribution in [2.24, 2.45) is 0 Å². The normalized spacial score (nSPS) is 11.1. The van der Waals surface area contributed by atoms with Crippen molar-refractivity contribution in [2.75, 3.05) is 13.7 Å². The summed E-state index contributed by atoms with van der Waals surface area (Å²) in [7, 11) is 1.53. The smallest absolute Gasteiger partial charge is 0.167 e. The fraction of sp³-hybridized carbons (Fsp3) is 0.385. The summed E-state index contributed by atoms with van der Waals surface area (Å²) in [6.45, 7) is 1.95. The van der Waals surface area contributed by atoms with Gasteiger partial charge in [0.2, 0.25) is 0 Å². The van der Waals surface area contributed by atoms with Gasteiger partial charge < -0.3 is 14.4 Å². The number of benzene rings is 1. The molecule has 2 aromatic rings. The molecule has 1 heterocycles. The third-order valence-corrected chi connectivity index (χ3v) is 2.98. The number of hydrogen-bond acceptors (Lipinski definition) is 4. The second-order valence-corrected chi connectivity index (χ2v) is 4.32. The highest BCUT2D eigenvalue weighted by Crippen LogP contribution is 2.24. The SMILES string of the molecule is COCCn1c(CO)nnc1-c1cc(C)c(F)cc1F. The van der Waals surface area contributed by atoms with Gasteiger partial charge in [0.25, 0.3) is 0 Å². The van der Waals surface area contributed by atoms with Crippen molar-refractivity contribution in [3.8, 4) is 11.4 Å². The molecule has 2 rings (SSSR count). The molecule has 1 aromatic carbocycles. The molecule has 0 spiro atoms. The fourth-order valence-electron chi connectivity index (χ4n) is 1.90. The molecule has 0 radical (unpaired) electrons. The van der Waals surface area contributed by atoms with Gasteiger partial charge in [-0.25, -0.2) is 8.78 Å². The number of rotatable bonds is 5. The Hall–Kier alpha value is -1.86.